The highest BCUT2D eigenvalue weighted by Gasteiger charge is 2.00. The summed E-state index contributed by atoms with van der Waals surface area (Å²) in [4.78, 5) is 11.9. The molecule has 0 bridgehead atoms. The third kappa shape index (κ3) is 10.5. The molecule has 0 aliphatic heterocycles. The van der Waals surface area contributed by atoms with Gasteiger partial charge >= 0.3 is 0 Å². The minimum absolute atomic E-state index is 0.0243. The molecule has 2 rings (SSSR count). The maximum absolute atomic E-state index is 11.9. The molecule has 2 aromatic rings. The van der Waals surface area contributed by atoms with Crippen LogP contribution in [-0.4, -0.2) is 12.1 Å². The van der Waals surface area contributed by atoms with Gasteiger partial charge in [0.1, 0.15) is 12.4 Å². The number of benzene rings is 2. The minimum Gasteiger partial charge on any atom is -0.489 e. The summed E-state index contributed by atoms with van der Waals surface area (Å²) in [6, 6.07) is 17.7. The molecular formula is C25H34N2O2. The summed E-state index contributed by atoms with van der Waals surface area (Å²) in [6.45, 7) is 2.76. The third-order valence-electron chi connectivity index (χ3n) is 4.77. The van der Waals surface area contributed by atoms with E-state index in [0.29, 0.717) is 13.0 Å². The summed E-state index contributed by atoms with van der Waals surface area (Å²) in [5, 5.41) is 4.07. The monoisotopic (exact) mass is 394 g/mol. The first-order valence-electron chi connectivity index (χ1n) is 10.9. The van der Waals surface area contributed by atoms with Crippen LogP contribution in [0.15, 0.2) is 59.7 Å². The van der Waals surface area contributed by atoms with Gasteiger partial charge in [-0.15, -0.1) is 0 Å². The molecule has 4 heteroatoms. The first kappa shape index (κ1) is 22.7. The molecule has 156 valence electrons. The maximum atomic E-state index is 11.9. The van der Waals surface area contributed by atoms with Crippen LogP contribution >= 0.6 is 0 Å². The Hall–Kier alpha value is -2.62. The van der Waals surface area contributed by atoms with Crippen molar-refractivity contribution in [2.75, 3.05) is 0 Å². The molecule has 1 amide bonds. The molecule has 0 aliphatic rings. The Bertz CT molecular complexity index is 729. The Morgan fingerprint density at radius 2 is 1.66 bits per heavy atom. The molecule has 0 heterocycles. The van der Waals surface area contributed by atoms with Gasteiger partial charge in [0.25, 0.3) is 0 Å². The zero-order valence-electron chi connectivity index (χ0n) is 17.6. The van der Waals surface area contributed by atoms with Crippen molar-refractivity contribution in [2.24, 2.45) is 5.10 Å². The third-order valence-corrected chi connectivity index (χ3v) is 4.77. The van der Waals surface area contributed by atoms with Crippen LogP contribution in [0.3, 0.4) is 0 Å². The maximum Gasteiger partial charge on any atom is 0.240 e. The Kier molecular flexibility index (Phi) is 11.2. The van der Waals surface area contributed by atoms with Gasteiger partial charge in [-0.2, -0.15) is 5.10 Å². The van der Waals surface area contributed by atoms with Gasteiger partial charge in [0.2, 0.25) is 5.91 Å². The summed E-state index contributed by atoms with van der Waals surface area (Å²) in [6.07, 6.45) is 12.0. The van der Waals surface area contributed by atoms with Gasteiger partial charge in [-0.05, 0) is 29.7 Å². The van der Waals surface area contributed by atoms with Gasteiger partial charge in [-0.25, -0.2) is 5.43 Å². The molecule has 2 aromatic carbocycles. The fourth-order valence-corrected chi connectivity index (χ4v) is 3.08. The van der Waals surface area contributed by atoms with E-state index in [1.165, 1.54) is 38.5 Å². The summed E-state index contributed by atoms with van der Waals surface area (Å²) in [5.74, 6) is 0.756. The van der Waals surface area contributed by atoms with E-state index in [1.807, 2.05) is 54.6 Å². The number of hydrazone groups is 1. The van der Waals surface area contributed by atoms with E-state index in [2.05, 4.69) is 17.5 Å². The Morgan fingerprint density at radius 1 is 0.931 bits per heavy atom. The van der Waals surface area contributed by atoms with E-state index in [0.717, 1.165) is 29.7 Å². The van der Waals surface area contributed by atoms with Crippen molar-refractivity contribution in [1.29, 1.82) is 0 Å². The number of carbonyl (C=O) groups is 1. The second kappa shape index (κ2) is 14.4. The summed E-state index contributed by atoms with van der Waals surface area (Å²) in [7, 11) is 0. The molecule has 29 heavy (non-hydrogen) atoms. The smallest absolute Gasteiger partial charge is 0.240 e. The predicted octanol–water partition coefficient (Wildman–Crippen LogP) is 6.25. The van der Waals surface area contributed by atoms with Crippen molar-refractivity contribution >= 4 is 12.1 Å². The second-order valence-corrected chi connectivity index (χ2v) is 7.36. The predicted molar refractivity (Wildman–Crippen MR) is 120 cm³/mol. The number of hydrogen-bond acceptors (Lipinski definition) is 3. The molecule has 0 saturated heterocycles. The summed E-state index contributed by atoms with van der Waals surface area (Å²) >= 11 is 0. The molecule has 0 unspecified atom stereocenters. The molecule has 0 spiro atoms. The van der Waals surface area contributed by atoms with Gasteiger partial charge in [-0.3, -0.25) is 4.79 Å². The Balaban J connectivity index is 1.62. The fraction of sp³-hybridized carbons (Fsp3) is 0.440. The molecule has 0 atom stereocenters. The zero-order valence-corrected chi connectivity index (χ0v) is 17.6. The van der Waals surface area contributed by atoms with E-state index in [4.69, 9.17) is 4.74 Å². The van der Waals surface area contributed by atoms with Crippen molar-refractivity contribution in [1.82, 2.24) is 5.43 Å². The minimum atomic E-state index is -0.0243. The van der Waals surface area contributed by atoms with Crippen molar-refractivity contribution in [3.05, 3.63) is 65.7 Å². The van der Waals surface area contributed by atoms with E-state index >= 15 is 0 Å². The quantitative estimate of drug-likeness (QED) is 0.234. The van der Waals surface area contributed by atoms with Crippen LogP contribution in [0.25, 0.3) is 0 Å². The highest BCUT2D eigenvalue weighted by atomic mass is 16.5. The first-order valence-corrected chi connectivity index (χ1v) is 10.9. The molecule has 0 aliphatic carbocycles. The number of amides is 1. The normalized spacial score (nSPS) is 10.9. The van der Waals surface area contributed by atoms with E-state index < -0.39 is 0 Å². The number of hydrogen-bond donors (Lipinski definition) is 1. The van der Waals surface area contributed by atoms with Crippen LogP contribution in [0, 0.1) is 0 Å². The molecule has 4 nitrogen and oxygen atoms in total. The summed E-state index contributed by atoms with van der Waals surface area (Å²) in [5.41, 5.74) is 4.63. The first-order chi connectivity index (χ1) is 14.3. The topological polar surface area (TPSA) is 50.7 Å². The van der Waals surface area contributed by atoms with Crippen LogP contribution in [0.1, 0.15) is 75.8 Å². The molecule has 0 saturated carbocycles. The van der Waals surface area contributed by atoms with Gasteiger partial charge in [0.15, 0.2) is 0 Å². The van der Waals surface area contributed by atoms with Crippen LogP contribution < -0.4 is 10.2 Å². The second-order valence-electron chi connectivity index (χ2n) is 7.36. The van der Waals surface area contributed by atoms with E-state index in [9.17, 15) is 4.79 Å². The highest BCUT2D eigenvalue weighted by Crippen LogP contribution is 2.14. The van der Waals surface area contributed by atoms with Gasteiger partial charge in [0.05, 0.1) is 6.21 Å². The number of ether oxygens (including phenoxy) is 1. The van der Waals surface area contributed by atoms with Crippen molar-refractivity contribution < 1.29 is 9.53 Å². The van der Waals surface area contributed by atoms with E-state index in [-0.39, 0.29) is 5.91 Å². The average molecular weight is 395 g/mol. The van der Waals surface area contributed by atoms with Crippen LogP contribution in [-0.2, 0) is 11.4 Å². The molecule has 0 fully saturated rings. The lowest BCUT2D eigenvalue weighted by Crippen LogP contribution is -2.16. The van der Waals surface area contributed by atoms with Crippen molar-refractivity contribution in [2.45, 2.75) is 71.3 Å². The SMILES string of the molecule is CCCCCCCCCCC(=O)NN=Cc1cccc(OCc2ccccc2)c1. The number of rotatable bonds is 14. The Labute approximate surface area is 175 Å². The lowest BCUT2D eigenvalue weighted by atomic mass is 10.1. The van der Waals surface area contributed by atoms with Crippen LogP contribution in [0.5, 0.6) is 5.75 Å². The summed E-state index contributed by atoms with van der Waals surface area (Å²) < 4.78 is 5.82. The lowest BCUT2D eigenvalue weighted by Gasteiger charge is -2.06. The molecule has 1 N–H and O–H groups in total. The molecule has 0 radical (unpaired) electrons. The largest absolute Gasteiger partial charge is 0.489 e. The van der Waals surface area contributed by atoms with Gasteiger partial charge < -0.3 is 4.74 Å². The number of unbranched alkanes of at least 4 members (excludes halogenated alkanes) is 7. The Morgan fingerprint density at radius 3 is 2.41 bits per heavy atom. The van der Waals surface area contributed by atoms with Gasteiger partial charge in [0, 0.05) is 6.42 Å². The van der Waals surface area contributed by atoms with E-state index in [1.54, 1.807) is 6.21 Å². The van der Waals surface area contributed by atoms with Crippen molar-refractivity contribution in [3.8, 4) is 5.75 Å². The number of nitrogens with zero attached hydrogens (tertiary/aromatic N) is 1. The fourth-order valence-electron chi connectivity index (χ4n) is 3.08. The van der Waals surface area contributed by atoms with Gasteiger partial charge in [-0.1, -0.05) is 94.3 Å². The standard InChI is InChI=1S/C25H34N2O2/c1-2-3-4-5-6-7-8-12-18-25(28)27-26-20-23-16-13-17-24(19-23)29-21-22-14-10-9-11-15-22/h9-11,13-17,19-20H,2-8,12,18,21H2,1H3,(H,27,28). The molecule has 0 aromatic heterocycles. The number of carbonyl (C=O) groups excluding carboxylic acids is 1. The lowest BCUT2D eigenvalue weighted by molar-refractivity contribution is -0.121. The molecular weight excluding hydrogens is 360 g/mol. The number of nitrogens with one attached hydrogen (secondary N) is 1. The van der Waals surface area contributed by atoms with Crippen molar-refractivity contribution in [3.63, 3.8) is 0 Å². The highest BCUT2D eigenvalue weighted by molar-refractivity contribution is 5.82. The van der Waals surface area contributed by atoms with Crippen LogP contribution in [0.4, 0.5) is 0 Å². The van der Waals surface area contributed by atoms with Crippen LogP contribution in [0.2, 0.25) is 0 Å². The zero-order chi connectivity index (χ0) is 20.6. The average Bonchev–Trinajstić information content (AvgIpc) is 2.75.